The Bertz CT molecular complexity index is 1390. The van der Waals surface area contributed by atoms with Crippen molar-refractivity contribution in [2.45, 2.75) is 24.2 Å². The van der Waals surface area contributed by atoms with Crippen molar-refractivity contribution >= 4 is 49.1 Å². The number of amides is 1. The number of nitrogens with zero attached hydrogens (tertiary/aromatic N) is 2. The molecule has 1 heterocycles. The minimum atomic E-state index is -3.92. The van der Waals surface area contributed by atoms with Gasteiger partial charge in [0.05, 0.1) is 5.02 Å². The average Bonchev–Trinajstić information content (AvgIpc) is 2.88. The van der Waals surface area contributed by atoms with Crippen molar-refractivity contribution in [1.29, 1.82) is 0 Å². The number of hydrogen-bond donors (Lipinski definition) is 1. The highest BCUT2D eigenvalue weighted by molar-refractivity contribution is 9.10. The number of hydrogen-bond acceptors (Lipinski definition) is 4. The molecule has 4 rings (SSSR count). The molecule has 0 bridgehead atoms. The van der Waals surface area contributed by atoms with Gasteiger partial charge in [-0.05, 0) is 60.2 Å². The van der Waals surface area contributed by atoms with E-state index < -0.39 is 10.0 Å². The fourth-order valence-electron chi connectivity index (χ4n) is 4.23. The molecule has 1 saturated heterocycles. The molecule has 10 heteroatoms. The number of nitrogens with one attached hydrogen (secondary N) is 1. The second-order valence-electron chi connectivity index (χ2n) is 9.59. The van der Waals surface area contributed by atoms with E-state index in [9.17, 15) is 17.6 Å². The summed E-state index contributed by atoms with van der Waals surface area (Å²) in [6, 6.07) is 18.3. The zero-order chi connectivity index (χ0) is 26.8. The van der Waals surface area contributed by atoms with Gasteiger partial charge in [-0.3, -0.25) is 4.79 Å². The Balaban J connectivity index is 1.45. The van der Waals surface area contributed by atoms with Crippen molar-refractivity contribution in [2.24, 2.45) is 0 Å². The van der Waals surface area contributed by atoms with Gasteiger partial charge < -0.3 is 10.2 Å². The Morgan fingerprint density at radius 1 is 1.03 bits per heavy atom. The lowest BCUT2D eigenvalue weighted by Crippen LogP contribution is -2.48. The third kappa shape index (κ3) is 6.34. The molecule has 196 valence electrons. The van der Waals surface area contributed by atoms with Crippen molar-refractivity contribution in [3.63, 3.8) is 0 Å². The molecule has 37 heavy (non-hydrogen) atoms. The second-order valence-corrected chi connectivity index (χ2v) is 12.8. The van der Waals surface area contributed by atoms with Gasteiger partial charge in [0.2, 0.25) is 10.0 Å². The van der Waals surface area contributed by atoms with Gasteiger partial charge in [-0.1, -0.05) is 53.5 Å². The molecule has 1 aliphatic heterocycles. The summed E-state index contributed by atoms with van der Waals surface area (Å²) in [5.74, 6) is -0.697. The molecule has 0 radical (unpaired) electrons. The van der Waals surface area contributed by atoms with Crippen LogP contribution in [-0.2, 0) is 15.4 Å². The molecule has 3 aromatic rings. The standard InChI is InChI=1S/C27H28BrClFN3O3S/c1-27(2,20-4-3-5-21(28)17-20)18-31-26(34)19-6-11-24(29)25(16-19)37(35,36)33-14-12-32(13-15-33)23-9-7-22(30)8-10-23/h3-11,16-17H,12-15,18H2,1-2H3,(H,31,34). The lowest BCUT2D eigenvalue weighted by molar-refractivity contribution is 0.0945. The largest absolute Gasteiger partial charge is 0.369 e. The number of rotatable bonds is 7. The van der Waals surface area contributed by atoms with Gasteiger partial charge in [-0.25, -0.2) is 12.8 Å². The van der Waals surface area contributed by atoms with E-state index >= 15 is 0 Å². The third-order valence-electron chi connectivity index (χ3n) is 6.54. The molecule has 0 aromatic heterocycles. The first-order valence-electron chi connectivity index (χ1n) is 11.8. The van der Waals surface area contributed by atoms with Gasteiger partial charge >= 0.3 is 0 Å². The van der Waals surface area contributed by atoms with Crippen LogP contribution >= 0.6 is 27.5 Å². The van der Waals surface area contributed by atoms with Crippen LogP contribution < -0.4 is 10.2 Å². The lowest BCUT2D eigenvalue weighted by Gasteiger charge is -2.35. The summed E-state index contributed by atoms with van der Waals surface area (Å²) in [5.41, 5.74) is 1.77. The van der Waals surface area contributed by atoms with Crippen LogP contribution in [0.15, 0.2) is 76.1 Å². The molecule has 1 N–H and O–H groups in total. The Morgan fingerprint density at radius 3 is 2.35 bits per heavy atom. The highest BCUT2D eigenvalue weighted by atomic mass is 79.9. The molecule has 0 saturated carbocycles. The molecule has 6 nitrogen and oxygen atoms in total. The van der Waals surface area contributed by atoms with E-state index in [0.29, 0.717) is 19.6 Å². The number of sulfonamides is 1. The molecule has 1 amide bonds. The summed E-state index contributed by atoms with van der Waals surface area (Å²) in [7, 11) is -3.92. The van der Waals surface area contributed by atoms with Crippen LogP contribution in [0.3, 0.4) is 0 Å². The van der Waals surface area contributed by atoms with Crippen LogP contribution in [0, 0.1) is 5.82 Å². The van der Waals surface area contributed by atoms with Gasteiger partial charge in [0.1, 0.15) is 10.7 Å². The van der Waals surface area contributed by atoms with E-state index in [1.807, 2.05) is 43.0 Å². The highest BCUT2D eigenvalue weighted by Gasteiger charge is 2.31. The van der Waals surface area contributed by atoms with Gasteiger partial charge in [0.25, 0.3) is 5.91 Å². The predicted molar refractivity (Wildman–Crippen MR) is 148 cm³/mol. The molecule has 0 unspecified atom stereocenters. The molecule has 1 fully saturated rings. The average molecular weight is 609 g/mol. The van der Waals surface area contributed by atoms with E-state index in [-0.39, 0.29) is 45.7 Å². The Hall–Kier alpha value is -2.46. The van der Waals surface area contributed by atoms with E-state index in [2.05, 4.69) is 21.2 Å². The lowest BCUT2D eigenvalue weighted by atomic mass is 9.84. The number of carbonyl (C=O) groups excluding carboxylic acids is 1. The van der Waals surface area contributed by atoms with Crippen LogP contribution in [0.25, 0.3) is 0 Å². The maximum absolute atomic E-state index is 13.4. The number of anilines is 1. The van der Waals surface area contributed by atoms with Gasteiger partial charge in [0, 0.05) is 53.9 Å². The normalized spacial score (nSPS) is 15.0. The van der Waals surface area contributed by atoms with Gasteiger partial charge in [-0.15, -0.1) is 0 Å². The third-order valence-corrected chi connectivity index (χ3v) is 9.41. The summed E-state index contributed by atoms with van der Waals surface area (Å²) in [4.78, 5) is 14.9. The second kappa shape index (κ2) is 11.1. The Kier molecular flexibility index (Phi) is 8.28. The monoisotopic (exact) mass is 607 g/mol. The minimum absolute atomic E-state index is 0.0620. The maximum atomic E-state index is 13.4. The molecule has 0 aliphatic carbocycles. The minimum Gasteiger partial charge on any atom is -0.369 e. The van der Waals surface area contributed by atoms with E-state index in [1.54, 1.807) is 12.1 Å². The summed E-state index contributed by atoms with van der Waals surface area (Å²) < 4.78 is 42.4. The summed E-state index contributed by atoms with van der Waals surface area (Å²) in [5, 5.41) is 2.99. The molecule has 3 aromatic carbocycles. The number of carbonyl (C=O) groups is 1. The van der Waals surface area contributed by atoms with Crippen molar-refractivity contribution in [1.82, 2.24) is 9.62 Å². The van der Waals surface area contributed by atoms with Crippen molar-refractivity contribution in [3.05, 3.63) is 93.2 Å². The smallest absolute Gasteiger partial charge is 0.251 e. The SMILES string of the molecule is CC(C)(CNC(=O)c1ccc(Cl)c(S(=O)(=O)N2CCN(c3ccc(F)cc3)CC2)c1)c1cccc(Br)c1. The maximum Gasteiger partial charge on any atom is 0.251 e. The van der Waals surface area contributed by atoms with Crippen LogP contribution in [0.1, 0.15) is 29.8 Å². The zero-order valence-corrected chi connectivity index (χ0v) is 23.7. The number of benzene rings is 3. The topological polar surface area (TPSA) is 69.7 Å². The summed E-state index contributed by atoms with van der Waals surface area (Å²) in [6.45, 7) is 5.80. The first-order chi connectivity index (χ1) is 17.5. The highest BCUT2D eigenvalue weighted by Crippen LogP contribution is 2.29. The van der Waals surface area contributed by atoms with Crippen molar-refractivity contribution < 1.29 is 17.6 Å². The van der Waals surface area contributed by atoms with Gasteiger partial charge in [0.15, 0.2) is 0 Å². The van der Waals surface area contributed by atoms with Crippen LogP contribution in [0.5, 0.6) is 0 Å². The Labute approximate surface area is 230 Å². The van der Waals surface area contributed by atoms with Crippen molar-refractivity contribution in [3.8, 4) is 0 Å². The van der Waals surface area contributed by atoms with Crippen LogP contribution in [0.2, 0.25) is 5.02 Å². The molecule has 0 spiro atoms. The van der Waals surface area contributed by atoms with E-state index in [1.165, 1.54) is 34.6 Å². The number of piperazine rings is 1. The zero-order valence-electron chi connectivity index (χ0n) is 20.5. The van der Waals surface area contributed by atoms with E-state index in [0.717, 1.165) is 15.7 Å². The quantitative estimate of drug-likeness (QED) is 0.387. The molecular weight excluding hydrogens is 581 g/mol. The van der Waals surface area contributed by atoms with Gasteiger partial charge in [-0.2, -0.15) is 4.31 Å². The number of halogens is 3. The fourth-order valence-corrected chi connectivity index (χ4v) is 6.56. The summed E-state index contributed by atoms with van der Waals surface area (Å²) >= 11 is 9.78. The van der Waals surface area contributed by atoms with Crippen molar-refractivity contribution in [2.75, 3.05) is 37.6 Å². The van der Waals surface area contributed by atoms with Crippen LogP contribution in [-0.4, -0.2) is 51.4 Å². The fraction of sp³-hybridized carbons (Fsp3) is 0.296. The Morgan fingerprint density at radius 2 is 1.70 bits per heavy atom. The first-order valence-corrected chi connectivity index (χ1v) is 14.4. The first kappa shape index (κ1) is 27.6. The van der Waals surface area contributed by atoms with Crippen LogP contribution in [0.4, 0.5) is 10.1 Å². The molecular formula is C27H28BrClFN3O3S. The predicted octanol–water partition coefficient (Wildman–Crippen LogP) is 5.46. The van der Waals surface area contributed by atoms with E-state index in [4.69, 9.17) is 11.6 Å². The summed E-state index contributed by atoms with van der Waals surface area (Å²) in [6.07, 6.45) is 0. The molecule has 0 atom stereocenters. The molecule has 1 aliphatic rings.